The Morgan fingerprint density at radius 1 is 1.26 bits per heavy atom. The number of fused-ring (bicyclic) bond motifs is 3. The summed E-state index contributed by atoms with van der Waals surface area (Å²) in [7, 11) is -1.87. The van der Waals surface area contributed by atoms with Gasteiger partial charge in [0.05, 0.1) is 12.0 Å². The molecule has 0 unspecified atom stereocenters. The minimum Gasteiger partial charge on any atom is -0.456 e. The molecule has 2 heterocycles. The third-order valence-corrected chi connectivity index (χ3v) is 7.33. The van der Waals surface area contributed by atoms with E-state index in [0.29, 0.717) is 13.2 Å². The molecule has 0 saturated heterocycles. The van der Waals surface area contributed by atoms with Crippen LogP contribution in [0.15, 0.2) is 23.3 Å². The van der Waals surface area contributed by atoms with E-state index < -0.39 is 19.8 Å². The average molecular weight is 394 g/mol. The lowest BCUT2D eigenvalue weighted by Crippen LogP contribution is -2.53. The molecule has 6 nitrogen and oxygen atoms in total. The Hall–Kier alpha value is -1.60. The Kier molecular flexibility index (Phi) is 5.29. The van der Waals surface area contributed by atoms with E-state index in [4.69, 9.17) is 13.9 Å². The molecule has 0 bridgehead atoms. The molecule has 1 amide bonds. The van der Waals surface area contributed by atoms with Crippen LogP contribution in [0.3, 0.4) is 0 Å². The van der Waals surface area contributed by atoms with Crippen molar-refractivity contribution < 1.29 is 23.5 Å². The topological polar surface area (TPSA) is 65.1 Å². The molecule has 0 radical (unpaired) electrons. The Morgan fingerprint density at radius 2 is 1.96 bits per heavy atom. The van der Waals surface area contributed by atoms with E-state index in [2.05, 4.69) is 25.2 Å². The molecular formula is C20H31NO5Si. The zero-order valence-corrected chi connectivity index (χ0v) is 18.2. The standard InChI is InChI=1S/C20H31NO5Si/c1-7-24-19(23)21-11-8-9-13-14-10-12-27(5,6)26-16(14)17(15(13)21)25-18(22)20(2,3)4/h9-10,15-17H,7-8,11-12H2,1-6H3/t15-,16-,17-/m0/s1. The van der Waals surface area contributed by atoms with Gasteiger partial charge in [0.15, 0.2) is 14.4 Å². The number of carbonyl (C=O) groups excluding carboxylic acids is 2. The van der Waals surface area contributed by atoms with Crippen LogP contribution in [0.25, 0.3) is 0 Å². The second kappa shape index (κ2) is 7.09. The zero-order chi connectivity index (χ0) is 20.0. The lowest BCUT2D eigenvalue weighted by Gasteiger charge is -2.37. The summed E-state index contributed by atoms with van der Waals surface area (Å²) in [6, 6.07) is 0.575. The van der Waals surface area contributed by atoms with Gasteiger partial charge >= 0.3 is 12.1 Å². The van der Waals surface area contributed by atoms with Gasteiger partial charge in [0, 0.05) is 6.54 Å². The molecule has 1 aliphatic carbocycles. The average Bonchev–Trinajstić information content (AvgIpc) is 2.86. The maximum Gasteiger partial charge on any atom is 0.410 e. The summed E-state index contributed by atoms with van der Waals surface area (Å²) >= 11 is 0. The highest BCUT2D eigenvalue weighted by atomic mass is 28.4. The van der Waals surface area contributed by atoms with Gasteiger partial charge in [0.1, 0.15) is 12.1 Å². The highest BCUT2D eigenvalue weighted by Crippen LogP contribution is 2.45. The molecule has 0 aromatic rings. The van der Waals surface area contributed by atoms with E-state index in [1.165, 1.54) is 0 Å². The van der Waals surface area contributed by atoms with Crippen molar-refractivity contribution in [3.8, 4) is 0 Å². The fourth-order valence-electron chi connectivity index (χ4n) is 3.89. The van der Waals surface area contributed by atoms with Crippen LogP contribution in [0.2, 0.25) is 19.1 Å². The monoisotopic (exact) mass is 393 g/mol. The van der Waals surface area contributed by atoms with Crippen molar-refractivity contribution in [1.82, 2.24) is 4.90 Å². The van der Waals surface area contributed by atoms with Gasteiger partial charge in [-0.1, -0.05) is 12.2 Å². The predicted octanol–water partition coefficient (Wildman–Crippen LogP) is 3.65. The second-order valence-corrected chi connectivity index (χ2v) is 13.2. The number of amides is 1. The van der Waals surface area contributed by atoms with Gasteiger partial charge in [0.25, 0.3) is 0 Å². The fraction of sp³-hybridized carbons (Fsp3) is 0.700. The molecule has 1 saturated carbocycles. The normalized spacial score (nSPS) is 29.3. The molecular weight excluding hydrogens is 362 g/mol. The fourth-order valence-corrected chi connectivity index (χ4v) is 5.64. The molecule has 2 aliphatic heterocycles. The van der Waals surface area contributed by atoms with Crippen LogP contribution in [-0.4, -0.2) is 56.7 Å². The lowest BCUT2D eigenvalue weighted by molar-refractivity contribution is -0.164. The molecule has 0 spiro atoms. The predicted molar refractivity (Wildman–Crippen MR) is 105 cm³/mol. The van der Waals surface area contributed by atoms with Crippen molar-refractivity contribution in [2.45, 2.75) is 71.5 Å². The first kappa shape index (κ1) is 20.1. The molecule has 3 atom stereocenters. The van der Waals surface area contributed by atoms with Crippen LogP contribution >= 0.6 is 0 Å². The van der Waals surface area contributed by atoms with Crippen molar-refractivity contribution in [1.29, 1.82) is 0 Å². The van der Waals surface area contributed by atoms with Gasteiger partial charge in [-0.15, -0.1) is 0 Å². The summed E-state index contributed by atoms with van der Waals surface area (Å²) in [4.78, 5) is 27.0. The Morgan fingerprint density at radius 3 is 2.59 bits per heavy atom. The van der Waals surface area contributed by atoms with Crippen molar-refractivity contribution in [2.75, 3.05) is 13.2 Å². The Balaban J connectivity index is 1.99. The van der Waals surface area contributed by atoms with E-state index >= 15 is 0 Å². The van der Waals surface area contributed by atoms with Gasteiger partial charge in [-0.25, -0.2) is 4.79 Å². The van der Waals surface area contributed by atoms with Gasteiger partial charge in [-0.05, 0) is 64.4 Å². The number of hydrogen-bond donors (Lipinski definition) is 0. The minimum absolute atomic E-state index is 0.281. The maximum absolute atomic E-state index is 12.7. The molecule has 0 N–H and O–H groups in total. The van der Waals surface area contributed by atoms with Crippen LogP contribution in [-0.2, 0) is 18.7 Å². The van der Waals surface area contributed by atoms with Crippen molar-refractivity contribution in [2.24, 2.45) is 5.41 Å². The lowest BCUT2D eigenvalue weighted by atomic mass is 9.97. The molecule has 0 aromatic carbocycles. The van der Waals surface area contributed by atoms with Gasteiger partial charge < -0.3 is 13.9 Å². The second-order valence-electron chi connectivity index (χ2n) is 9.07. The first-order chi connectivity index (χ1) is 12.5. The summed E-state index contributed by atoms with van der Waals surface area (Å²) in [5.41, 5.74) is 1.50. The smallest absolute Gasteiger partial charge is 0.410 e. The van der Waals surface area contributed by atoms with Gasteiger partial charge in [0.2, 0.25) is 0 Å². The maximum atomic E-state index is 12.7. The number of carbonyl (C=O) groups is 2. The Labute approximate surface area is 162 Å². The molecule has 1 fully saturated rings. The summed E-state index contributed by atoms with van der Waals surface area (Å²) in [5.74, 6) is -0.281. The van der Waals surface area contributed by atoms with Crippen LogP contribution in [0, 0.1) is 5.41 Å². The number of esters is 1. The number of allylic oxidation sites excluding steroid dienone is 1. The molecule has 150 valence electrons. The summed E-state index contributed by atoms with van der Waals surface area (Å²) in [6.45, 7) is 12.5. The third-order valence-electron chi connectivity index (χ3n) is 5.26. The number of hydrogen-bond acceptors (Lipinski definition) is 5. The van der Waals surface area contributed by atoms with Crippen LogP contribution in [0.1, 0.15) is 34.1 Å². The molecule has 3 rings (SSSR count). The number of rotatable bonds is 2. The first-order valence-corrected chi connectivity index (χ1v) is 12.9. The highest BCUT2D eigenvalue weighted by molar-refractivity contribution is 6.71. The molecule has 0 aromatic heterocycles. The highest BCUT2D eigenvalue weighted by Gasteiger charge is 2.54. The van der Waals surface area contributed by atoms with E-state index in [1.807, 2.05) is 20.8 Å². The molecule has 27 heavy (non-hydrogen) atoms. The van der Waals surface area contributed by atoms with Gasteiger partial charge in [-0.3, -0.25) is 9.69 Å². The van der Waals surface area contributed by atoms with Crippen LogP contribution < -0.4 is 0 Å². The molecule has 7 heteroatoms. The van der Waals surface area contributed by atoms with Crippen LogP contribution in [0.4, 0.5) is 4.79 Å². The van der Waals surface area contributed by atoms with Crippen LogP contribution in [0.5, 0.6) is 0 Å². The SMILES string of the molecule is CCOC(=O)N1CCC=C2C3=CC[Si](C)(C)O[C@@H]3[C@@H](OC(=O)C(C)(C)C)[C@H]21. The summed E-state index contributed by atoms with van der Waals surface area (Å²) < 4.78 is 17.7. The van der Waals surface area contributed by atoms with Crippen molar-refractivity contribution in [3.05, 3.63) is 23.3 Å². The largest absolute Gasteiger partial charge is 0.456 e. The van der Waals surface area contributed by atoms with E-state index in [9.17, 15) is 9.59 Å². The number of ether oxygens (including phenoxy) is 2. The summed E-state index contributed by atoms with van der Waals surface area (Å²) in [5, 5.41) is 0. The van der Waals surface area contributed by atoms with E-state index in [0.717, 1.165) is 23.6 Å². The zero-order valence-electron chi connectivity index (χ0n) is 17.2. The minimum atomic E-state index is -1.87. The first-order valence-electron chi connectivity index (χ1n) is 9.78. The van der Waals surface area contributed by atoms with E-state index in [1.54, 1.807) is 11.8 Å². The quantitative estimate of drug-likeness (QED) is 0.529. The van der Waals surface area contributed by atoms with Gasteiger partial charge in [-0.2, -0.15) is 0 Å². The third kappa shape index (κ3) is 3.85. The van der Waals surface area contributed by atoms with E-state index in [-0.39, 0.29) is 24.2 Å². The van der Waals surface area contributed by atoms with Crippen molar-refractivity contribution in [3.63, 3.8) is 0 Å². The Bertz CT molecular complexity index is 691. The number of nitrogens with zero attached hydrogens (tertiary/aromatic N) is 1. The summed E-state index contributed by atoms with van der Waals surface area (Å²) in [6.07, 6.45) is 3.95. The van der Waals surface area contributed by atoms with Crippen molar-refractivity contribution >= 4 is 20.4 Å². The molecule has 3 aliphatic rings.